The summed E-state index contributed by atoms with van der Waals surface area (Å²) >= 11 is 0. The Morgan fingerprint density at radius 2 is 2.24 bits per heavy atom. The zero-order valence-electron chi connectivity index (χ0n) is 9.82. The molecule has 0 aliphatic carbocycles. The summed E-state index contributed by atoms with van der Waals surface area (Å²) in [7, 11) is 1.39. The van der Waals surface area contributed by atoms with Gasteiger partial charge >= 0.3 is 5.97 Å². The lowest BCUT2D eigenvalue weighted by Crippen LogP contribution is -2.25. The van der Waals surface area contributed by atoms with Crippen molar-refractivity contribution in [3.63, 3.8) is 0 Å². The number of rotatable bonds is 5. The van der Waals surface area contributed by atoms with E-state index in [0.717, 1.165) is 18.5 Å². The Balaban J connectivity index is 1.89. The molecule has 0 radical (unpaired) electrons. The summed E-state index contributed by atoms with van der Waals surface area (Å²) in [5.74, 6) is -0.232. The second-order valence-electron chi connectivity index (χ2n) is 3.86. The number of esters is 1. The van der Waals surface area contributed by atoms with E-state index in [-0.39, 0.29) is 12.5 Å². The molecule has 0 bridgehead atoms. The van der Waals surface area contributed by atoms with E-state index in [2.05, 4.69) is 27.2 Å². The van der Waals surface area contributed by atoms with Crippen LogP contribution in [0.5, 0.6) is 0 Å². The highest BCUT2D eigenvalue weighted by Crippen LogP contribution is 2.17. The van der Waals surface area contributed by atoms with E-state index in [1.54, 1.807) is 0 Å². The maximum atomic E-state index is 10.9. The fraction of sp³-hybridized carbons (Fsp3) is 0.308. The van der Waals surface area contributed by atoms with Crippen molar-refractivity contribution in [2.24, 2.45) is 0 Å². The van der Waals surface area contributed by atoms with E-state index < -0.39 is 0 Å². The Kier molecular flexibility index (Phi) is 3.77. The minimum absolute atomic E-state index is 0.232. The largest absolute Gasteiger partial charge is 0.468 e. The summed E-state index contributed by atoms with van der Waals surface area (Å²) in [6.07, 6.45) is 2.91. The highest BCUT2D eigenvalue weighted by Gasteiger charge is 2.03. The van der Waals surface area contributed by atoms with Crippen LogP contribution in [0.1, 0.15) is 5.56 Å². The number of benzene rings is 1. The fourth-order valence-electron chi connectivity index (χ4n) is 1.82. The first-order valence-electron chi connectivity index (χ1n) is 5.64. The lowest BCUT2D eigenvalue weighted by Gasteiger charge is -2.02. The molecular weight excluding hydrogens is 216 g/mol. The first-order valence-corrected chi connectivity index (χ1v) is 5.64. The quantitative estimate of drug-likeness (QED) is 0.606. The molecule has 0 saturated heterocycles. The molecule has 1 heterocycles. The molecule has 4 nitrogen and oxygen atoms in total. The molecule has 0 unspecified atom stereocenters. The standard InChI is InChI=1S/C13H16N2O2/c1-17-13(16)9-14-7-6-10-8-15-12-5-3-2-4-11(10)12/h2-5,8,14-15H,6-7,9H2,1H3. The lowest BCUT2D eigenvalue weighted by atomic mass is 10.1. The average molecular weight is 232 g/mol. The van der Waals surface area contributed by atoms with E-state index in [1.165, 1.54) is 18.1 Å². The molecule has 0 amide bonds. The molecule has 0 spiro atoms. The van der Waals surface area contributed by atoms with Crippen LogP contribution < -0.4 is 5.32 Å². The molecule has 0 atom stereocenters. The van der Waals surface area contributed by atoms with Gasteiger partial charge in [-0.3, -0.25) is 4.79 Å². The van der Waals surface area contributed by atoms with Crippen molar-refractivity contribution in [1.82, 2.24) is 10.3 Å². The first-order chi connectivity index (χ1) is 8.31. The van der Waals surface area contributed by atoms with Crippen LogP contribution >= 0.6 is 0 Å². The van der Waals surface area contributed by atoms with E-state index in [1.807, 2.05) is 18.3 Å². The molecule has 2 aromatic rings. The number of aromatic nitrogens is 1. The number of hydrogen-bond donors (Lipinski definition) is 2. The first kappa shape index (κ1) is 11.7. The molecule has 0 saturated carbocycles. The molecule has 17 heavy (non-hydrogen) atoms. The number of methoxy groups -OCH3 is 1. The molecule has 1 aromatic carbocycles. The summed E-state index contributed by atoms with van der Waals surface area (Å²) in [4.78, 5) is 14.1. The molecule has 0 fully saturated rings. The van der Waals surface area contributed by atoms with Crippen LogP contribution in [0.4, 0.5) is 0 Å². The van der Waals surface area contributed by atoms with Crippen molar-refractivity contribution in [2.75, 3.05) is 20.2 Å². The van der Waals surface area contributed by atoms with Crippen molar-refractivity contribution in [3.05, 3.63) is 36.0 Å². The molecule has 4 heteroatoms. The number of para-hydroxylation sites is 1. The Bertz CT molecular complexity index is 505. The van der Waals surface area contributed by atoms with E-state index in [4.69, 9.17) is 0 Å². The number of H-pyrrole nitrogens is 1. The minimum atomic E-state index is -0.232. The van der Waals surface area contributed by atoms with Gasteiger partial charge < -0.3 is 15.0 Å². The summed E-state index contributed by atoms with van der Waals surface area (Å²) in [6.45, 7) is 1.02. The minimum Gasteiger partial charge on any atom is -0.468 e. The van der Waals surface area contributed by atoms with Gasteiger partial charge in [-0.1, -0.05) is 18.2 Å². The summed E-state index contributed by atoms with van der Waals surface area (Å²) in [6, 6.07) is 8.20. The number of carbonyl (C=O) groups is 1. The Hall–Kier alpha value is -1.81. The summed E-state index contributed by atoms with van der Waals surface area (Å²) in [5, 5.41) is 4.29. The third-order valence-electron chi connectivity index (χ3n) is 2.74. The average Bonchev–Trinajstić information content (AvgIpc) is 2.78. The van der Waals surface area contributed by atoms with Crippen LogP contribution in [0, 0.1) is 0 Å². The predicted octanol–water partition coefficient (Wildman–Crippen LogP) is 1.47. The Labute approximate surface area is 100.0 Å². The molecule has 2 N–H and O–H groups in total. The molecule has 0 aliphatic rings. The van der Waals surface area contributed by atoms with Gasteiger partial charge in [-0.15, -0.1) is 0 Å². The molecule has 0 aliphatic heterocycles. The van der Waals surface area contributed by atoms with Crippen LogP contribution in [0.2, 0.25) is 0 Å². The number of aromatic amines is 1. The highest BCUT2D eigenvalue weighted by atomic mass is 16.5. The van der Waals surface area contributed by atoms with E-state index in [9.17, 15) is 4.79 Å². The highest BCUT2D eigenvalue weighted by molar-refractivity contribution is 5.83. The third kappa shape index (κ3) is 2.85. The normalized spacial score (nSPS) is 10.6. The molecule has 2 rings (SSSR count). The van der Waals surface area contributed by atoms with Gasteiger partial charge in [-0.05, 0) is 24.6 Å². The topological polar surface area (TPSA) is 54.1 Å². The van der Waals surface area contributed by atoms with Gasteiger partial charge in [-0.2, -0.15) is 0 Å². The van der Waals surface area contributed by atoms with Crippen LogP contribution in [0.3, 0.4) is 0 Å². The van der Waals surface area contributed by atoms with Crippen molar-refractivity contribution in [2.45, 2.75) is 6.42 Å². The van der Waals surface area contributed by atoms with Gasteiger partial charge in [0.15, 0.2) is 0 Å². The lowest BCUT2D eigenvalue weighted by molar-refractivity contribution is -0.139. The second kappa shape index (κ2) is 5.50. The van der Waals surface area contributed by atoms with Gasteiger partial charge in [0, 0.05) is 17.1 Å². The number of hydrogen-bond acceptors (Lipinski definition) is 3. The van der Waals surface area contributed by atoms with Crippen molar-refractivity contribution < 1.29 is 9.53 Å². The monoisotopic (exact) mass is 232 g/mol. The predicted molar refractivity (Wildman–Crippen MR) is 66.9 cm³/mol. The van der Waals surface area contributed by atoms with Crippen molar-refractivity contribution in [1.29, 1.82) is 0 Å². The van der Waals surface area contributed by atoms with Gasteiger partial charge in [0.1, 0.15) is 0 Å². The zero-order chi connectivity index (χ0) is 12.1. The SMILES string of the molecule is COC(=O)CNCCc1c[nH]c2ccccc12. The van der Waals surface area contributed by atoms with Gasteiger partial charge in [0.25, 0.3) is 0 Å². The summed E-state index contributed by atoms with van der Waals surface area (Å²) in [5.41, 5.74) is 2.41. The van der Waals surface area contributed by atoms with Gasteiger partial charge in [-0.25, -0.2) is 0 Å². The van der Waals surface area contributed by atoms with Crippen molar-refractivity contribution in [3.8, 4) is 0 Å². The van der Waals surface area contributed by atoms with E-state index in [0.29, 0.717) is 0 Å². The number of carbonyl (C=O) groups excluding carboxylic acids is 1. The maximum absolute atomic E-state index is 10.9. The van der Waals surface area contributed by atoms with Crippen LogP contribution in [-0.2, 0) is 16.0 Å². The zero-order valence-corrected chi connectivity index (χ0v) is 9.82. The fourth-order valence-corrected chi connectivity index (χ4v) is 1.82. The number of ether oxygens (including phenoxy) is 1. The van der Waals surface area contributed by atoms with Crippen molar-refractivity contribution >= 4 is 16.9 Å². The molecule has 90 valence electrons. The Morgan fingerprint density at radius 1 is 1.41 bits per heavy atom. The smallest absolute Gasteiger partial charge is 0.319 e. The van der Waals surface area contributed by atoms with Crippen LogP contribution in [0.25, 0.3) is 10.9 Å². The number of nitrogens with one attached hydrogen (secondary N) is 2. The molecule has 1 aromatic heterocycles. The van der Waals surface area contributed by atoms with Crippen LogP contribution in [0.15, 0.2) is 30.5 Å². The molecular formula is C13H16N2O2. The van der Waals surface area contributed by atoms with Gasteiger partial charge in [0.2, 0.25) is 0 Å². The second-order valence-corrected chi connectivity index (χ2v) is 3.86. The Morgan fingerprint density at radius 3 is 3.06 bits per heavy atom. The van der Waals surface area contributed by atoms with Crippen LogP contribution in [-0.4, -0.2) is 31.2 Å². The maximum Gasteiger partial charge on any atom is 0.319 e. The van der Waals surface area contributed by atoms with Gasteiger partial charge in [0.05, 0.1) is 13.7 Å². The number of fused-ring (bicyclic) bond motifs is 1. The van der Waals surface area contributed by atoms with E-state index >= 15 is 0 Å². The third-order valence-corrected chi connectivity index (χ3v) is 2.74. The summed E-state index contributed by atoms with van der Waals surface area (Å²) < 4.78 is 4.55.